The molecule has 1 aromatic heterocycles. The molecule has 38 heavy (non-hydrogen) atoms. The number of carboxylic acid groups (broad SMARTS) is 1. The Labute approximate surface area is 226 Å². The summed E-state index contributed by atoms with van der Waals surface area (Å²) in [4.78, 5) is 39.8. The van der Waals surface area contributed by atoms with Crippen LogP contribution in [0, 0.1) is 0 Å². The fraction of sp³-hybridized carbons (Fsp3) is 0.500. The molecule has 2 aromatic rings. The first kappa shape index (κ1) is 29.1. The number of thiophene rings is 1. The van der Waals surface area contributed by atoms with Gasteiger partial charge >= 0.3 is 18.1 Å². The number of carboxylic acids is 1. The van der Waals surface area contributed by atoms with Gasteiger partial charge in [-0.25, -0.2) is 9.59 Å². The largest absolute Gasteiger partial charge is 0.481 e. The third kappa shape index (κ3) is 9.10. The predicted molar refractivity (Wildman–Crippen MR) is 140 cm³/mol. The molecule has 0 aliphatic carbocycles. The van der Waals surface area contributed by atoms with Crippen LogP contribution >= 0.6 is 11.3 Å². The molecule has 11 nitrogen and oxygen atoms in total. The van der Waals surface area contributed by atoms with Gasteiger partial charge in [0, 0.05) is 18.5 Å². The molecule has 3 rings (SSSR count). The molecule has 0 spiro atoms. The van der Waals surface area contributed by atoms with Crippen molar-refractivity contribution in [1.29, 1.82) is 0 Å². The number of fused-ring (bicyclic) bond motifs is 1. The van der Waals surface area contributed by atoms with Gasteiger partial charge in [-0.15, -0.1) is 11.3 Å². The van der Waals surface area contributed by atoms with E-state index in [1.165, 1.54) is 0 Å². The molecule has 2 heterocycles. The van der Waals surface area contributed by atoms with E-state index >= 15 is 0 Å². The lowest BCUT2D eigenvalue weighted by Gasteiger charge is -2.25. The maximum absolute atomic E-state index is 12.9. The van der Waals surface area contributed by atoms with E-state index in [9.17, 15) is 19.5 Å². The number of hydrogen-bond donors (Lipinski definition) is 3. The fourth-order valence-electron chi connectivity index (χ4n) is 3.88. The summed E-state index contributed by atoms with van der Waals surface area (Å²) in [6.45, 7) is 3.23. The SMILES string of the molecule is CCCCC(COC(=O)N(CCOC)Cc1cccs1)NC(=O)NC(CC(=O)O)c1ccc2c(c1)OCO2. The first-order valence-corrected chi connectivity index (χ1v) is 13.4. The number of carbonyl (C=O) groups excluding carboxylic acids is 2. The Morgan fingerprint density at radius 3 is 2.71 bits per heavy atom. The van der Waals surface area contributed by atoms with Gasteiger partial charge in [-0.05, 0) is 35.6 Å². The van der Waals surface area contributed by atoms with Crippen molar-refractivity contribution in [2.24, 2.45) is 0 Å². The first-order valence-electron chi connectivity index (χ1n) is 12.5. The molecule has 0 bridgehead atoms. The van der Waals surface area contributed by atoms with E-state index in [0.29, 0.717) is 43.2 Å². The second-order valence-electron chi connectivity index (χ2n) is 8.79. The highest BCUT2D eigenvalue weighted by molar-refractivity contribution is 7.09. The third-order valence-corrected chi connectivity index (χ3v) is 6.74. The van der Waals surface area contributed by atoms with Crippen molar-refractivity contribution in [3.63, 3.8) is 0 Å². The standard InChI is InChI=1S/C26H35N3O8S/c1-3-4-6-19(16-35-26(33)29(10-11-34-2)15-20-7-5-12-38-20)27-25(32)28-21(14-24(30)31)18-8-9-22-23(13-18)37-17-36-22/h5,7-9,12-13,19,21H,3-4,6,10-11,14-17H2,1-2H3,(H,30,31)(H2,27,28,32). The molecule has 0 fully saturated rings. The Hall–Kier alpha value is -3.51. The quantitative estimate of drug-likeness (QED) is 0.302. The molecule has 0 saturated carbocycles. The number of ether oxygens (including phenoxy) is 4. The summed E-state index contributed by atoms with van der Waals surface area (Å²) in [6, 6.07) is 7.10. The lowest BCUT2D eigenvalue weighted by Crippen LogP contribution is -2.46. The molecular formula is C26H35N3O8S. The highest BCUT2D eigenvalue weighted by Crippen LogP contribution is 2.34. The van der Waals surface area contributed by atoms with Crippen LogP contribution in [0.5, 0.6) is 11.5 Å². The molecular weight excluding hydrogens is 514 g/mol. The van der Waals surface area contributed by atoms with E-state index in [0.717, 1.165) is 17.7 Å². The molecule has 1 aliphatic heterocycles. The second-order valence-corrected chi connectivity index (χ2v) is 9.82. The fourth-order valence-corrected chi connectivity index (χ4v) is 4.60. The van der Waals surface area contributed by atoms with Gasteiger partial charge in [-0.3, -0.25) is 4.79 Å². The second kappa shape index (κ2) is 15.0. The number of unbranched alkanes of at least 4 members (excludes halogenated alkanes) is 1. The highest BCUT2D eigenvalue weighted by atomic mass is 32.1. The minimum atomic E-state index is -1.06. The van der Waals surface area contributed by atoms with Crippen LogP contribution in [0.4, 0.5) is 9.59 Å². The number of carbonyl (C=O) groups is 3. The molecule has 208 valence electrons. The number of rotatable bonds is 15. The van der Waals surface area contributed by atoms with Crippen LogP contribution in [0.15, 0.2) is 35.7 Å². The Morgan fingerprint density at radius 2 is 2.00 bits per heavy atom. The van der Waals surface area contributed by atoms with E-state index in [2.05, 4.69) is 10.6 Å². The van der Waals surface area contributed by atoms with Crippen LogP contribution in [-0.2, 0) is 20.8 Å². The predicted octanol–water partition coefficient (Wildman–Crippen LogP) is 4.14. The Morgan fingerprint density at radius 1 is 1.18 bits per heavy atom. The van der Waals surface area contributed by atoms with Crippen LogP contribution in [-0.4, -0.2) is 67.8 Å². The van der Waals surface area contributed by atoms with Gasteiger partial charge in [0.1, 0.15) is 6.61 Å². The molecule has 2 atom stereocenters. The number of benzene rings is 1. The maximum Gasteiger partial charge on any atom is 0.410 e. The summed E-state index contributed by atoms with van der Waals surface area (Å²) in [5, 5.41) is 16.9. The Bertz CT molecular complexity index is 1050. The highest BCUT2D eigenvalue weighted by Gasteiger charge is 2.24. The lowest BCUT2D eigenvalue weighted by atomic mass is 10.0. The number of methoxy groups -OCH3 is 1. The number of nitrogens with one attached hydrogen (secondary N) is 2. The number of hydrogen-bond acceptors (Lipinski definition) is 8. The van der Waals surface area contributed by atoms with E-state index in [1.54, 1.807) is 41.5 Å². The number of urea groups is 1. The molecule has 0 radical (unpaired) electrons. The lowest BCUT2D eigenvalue weighted by molar-refractivity contribution is -0.137. The van der Waals surface area contributed by atoms with Crippen molar-refractivity contribution in [2.75, 3.05) is 33.7 Å². The minimum Gasteiger partial charge on any atom is -0.481 e. The van der Waals surface area contributed by atoms with Gasteiger partial charge in [0.15, 0.2) is 11.5 Å². The molecule has 1 aliphatic rings. The smallest absolute Gasteiger partial charge is 0.410 e. The van der Waals surface area contributed by atoms with Crippen LogP contribution in [0.3, 0.4) is 0 Å². The van der Waals surface area contributed by atoms with Gasteiger partial charge < -0.3 is 39.6 Å². The van der Waals surface area contributed by atoms with E-state index in [1.807, 2.05) is 24.4 Å². The summed E-state index contributed by atoms with van der Waals surface area (Å²) in [5.41, 5.74) is 0.575. The summed E-state index contributed by atoms with van der Waals surface area (Å²) in [5.74, 6) is -0.00734. The zero-order chi connectivity index (χ0) is 27.3. The summed E-state index contributed by atoms with van der Waals surface area (Å²) in [6.07, 6.45) is 1.48. The molecule has 1 aromatic carbocycles. The summed E-state index contributed by atoms with van der Waals surface area (Å²) >= 11 is 1.55. The number of aliphatic carboxylic acids is 1. The molecule has 2 unspecified atom stereocenters. The number of amides is 3. The average Bonchev–Trinajstić information content (AvgIpc) is 3.58. The Balaban J connectivity index is 1.61. The molecule has 3 N–H and O–H groups in total. The first-order chi connectivity index (χ1) is 18.4. The van der Waals surface area contributed by atoms with Crippen molar-refractivity contribution < 1.29 is 38.4 Å². The summed E-state index contributed by atoms with van der Waals surface area (Å²) < 4.78 is 21.4. The van der Waals surface area contributed by atoms with Gasteiger partial charge in [0.25, 0.3) is 0 Å². The monoisotopic (exact) mass is 549 g/mol. The van der Waals surface area contributed by atoms with E-state index in [4.69, 9.17) is 18.9 Å². The zero-order valence-electron chi connectivity index (χ0n) is 21.6. The van der Waals surface area contributed by atoms with E-state index < -0.39 is 30.2 Å². The van der Waals surface area contributed by atoms with Gasteiger partial charge in [-0.2, -0.15) is 0 Å². The van der Waals surface area contributed by atoms with Crippen LogP contribution in [0.2, 0.25) is 0 Å². The van der Waals surface area contributed by atoms with Gasteiger partial charge in [-0.1, -0.05) is 31.9 Å². The van der Waals surface area contributed by atoms with Crippen molar-refractivity contribution in [1.82, 2.24) is 15.5 Å². The Kier molecular flexibility index (Phi) is 11.5. The van der Waals surface area contributed by atoms with Gasteiger partial charge in [0.2, 0.25) is 6.79 Å². The molecule has 0 saturated heterocycles. The maximum atomic E-state index is 12.9. The zero-order valence-corrected chi connectivity index (χ0v) is 22.5. The molecule has 3 amide bonds. The summed E-state index contributed by atoms with van der Waals surface area (Å²) in [7, 11) is 1.57. The van der Waals surface area contributed by atoms with Crippen LogP contribution in [0.25, 0.3) is 0 Å². The van der Waals surface area contributed by atoms with E-state index in [-0.39, 0.29) is 19.8 Å². The number of nitrogens with zero attached hydrogens (tertiary/aromatic N) is 1. The van der Waals surface area contributed by atoms with Crippen molar-refractivity contribution >= 4 is 29.4 Å². The van der Waals surface area contributed by atoms with Crippen molar-refractivity contribution in [3.05, 3.63) is 46.2 Å². The van der Waals surface area contributed by atoms with Crippen molar-refractivity contribution in [2.45, 2.75) is 51.2 Å². The van der Waals surface area contributed by atoms with Crippen molar-refractivity contribution in [3.8, 4) is 11.5 Å². The third-order valence-electron chi connectivity index (χ3n) is 5.88. The molecule has 12 heteroatoms. The topological polar surface area (TPSA) is 136 Å². The minimum absolute atomic E-state index is 0.0200. The van der Waals surface area contributed by atoms with Gasteiger partial charge in [0.05, 0.1) is 31.7 Å². The van der Waals surface area contributed by atoms with Crippen LogP contribution < -0.4 is 20.1 Å². The average molecular weight is 550 g/mol. The van der Waals surface area contributed by atoms with Crippen LogP contribution in [0.1, 0.15) is 49.1 Å². The normalized spacial score (nSPS) is 13.4.